The molecule has 4 aromatic rings. The highest BCUT2D eigenvalue weighted by Crippen LogP contribution is 2.42. The van der Waals surface area contributed by atoms with Crippen molar-refractivity contribution in [2.45, 2.75) is 57.2 Å². The molecule has 4 heterocycles. The quantitative estimate of drug-likeness (QED) is 0.0492. The number of pyridine rings is 1. The van der Waals surface area contributed by atoms with Gasteiger partial charge in [-0.25, -0.2) is 0 Å². The lowest BCUT2D eigenvalue weighted by Crippen LogP contribution is -2.53. The van der Waals surface area contributed by atoms with Crippen LogP contribution in [0.2, 0.25) is 10.0 Å². The van der Waals surface area contributed by atoms with Crippen LogP contribution in [0.15, 0.2) is 48.7 Å². The maximum Gasteiger partial charge on any atom is 0.257 e. The first-order valence-electron chi connectivity index (χ1n) is 22.7. The maximum atomic E-state index is 13.1. The molecule has 0 aliphatic carbocycles. The van der Waals surface area contributed by atoms with Crippen LogP contribution in [0.5, 0.6) is 17.2 Å². The van der Waals surface area contributed by atoms with Crippen LogP contribution in [0.25, 0.3) is 10.9 Å². The predicted octanol–water partition coefficient (Wildman–Crippen LogP) is 6.04. The lowest BCUT2D eigenvalue weighted by atomic mass is 10.0. The van der Waals surface area contributed by atoms with Gasteiger partial charge < -0.3 is 49.2 Å². The summed E-state index contributed by atoms with van der Waals surface area (Å²) in [6.07, 6.45) is 5.28. The summed E-state index contributed by atoms with van der Waals surface area (Å²) >= 11 is 12.7. The van der Waals surface area contributed by atoms with E-state index in [-0.39, 0.29) is 42.9 Å². The molecule has 2 saturated heterocycles. The summed E-state index contributed by atoms with van der Waals surface area (Å²) in [7, 11) is 3.09. The van der Waals surface area contributed by atoms with Gasteiger partial charge in [-0.15, -0.1) is 0 Å². The molecule has 18 nitrogen and oxygen atoms in total. The van der Waals surface area contributed by atoms with Crippen molar-refractivity contribution in [1.29, 1.82) is 5.26 Å². The molecule has 2 atom stereocenters. The highest BCUT2D eigenvalue weighted by Gasteiger charge is 2.45. The monoisotopic (exact) mass is 974 g/mol. The van der Waals surface area contributed by atoms with Crippen LogP contribution >= 0.6 is 23.2 Å². The molecule has 0 saturated carbocycles. The van der Waals surface area contributed by atoms with Crippen molar-refractivity contribution >= 4 is 74.8 Å². The molecule has 4 amide bonds. The molecule has 0 radical (unpaired) electrons. The number of fused-ring (bicyclic) bond motifs is 2. The summed E-state index contributed by atoms with van der Waals surface area (Å²) in [6.45, 7) is 7.48. The molecule has 20 heteroatoms. The van der Waals surface area contributed by atoms with Crippen molar-refractivity contribution in [3.63, 3.8) is 0 Å². The molecule has 68 heavy (non-hydrogen) atoms. The van der Waals surface area contributed by atoms with Crippen LogP contribution in [0.4, 0.5) is 17.1 Å². The Bertz CT molecular complexity index is 2520. The summed E-state index contributed by atoms with van der Waals surface area (Å²) < 4.78 is 28.5. The first-order valence-corrected chi connectivity index (χ1v) is 23.5. The Kier molecular flexibility index (Phi) is 17.7. The van der Waals surface area contributed by atoms with E-state index >= 15 is 0 Å². The molecule has 3 aliphatic heterocycles. The summed E-state index contributed by atoms with van der Waals surface area (Å²) in [4.78, 5) is 60.4. The van der Waals surface area contributed by atoms with E-state index in [0.717, 1.165) is 76.3 Å². The summed E-state index contributed by atoms with van der Waals surface area (Å²) in [6, 6.07) is 12.8. The minimum atomic E-state index is -1.46. The van der Waals surface area contributed by atoms with Crippen molar-refractivity contribution in [2.75, 3.05) is 97.2 Å². The number of benzene rings is 3. The number of imide groups is 1. The number of rotatable bonds is 23. The molecule has 362 valence electrons. The van der Waals surface area contributed by atoms with Gasteiger partial charge in [0.2, 0.25) is 17.7 Å². The second kappa shape index (κ2) is 24.0. The van der Waals surface area contributed by atoms with Gasteiger partial charge in [0.1, 0.15) is 24.5 Å². The zero-order valence-corrected chi connectivity index (χ0v) is 39.6. The van der Waals surface area contributed by atoms with E-state index in [2.05, 4.69) is 36.8 Å². The number of unbranched alkanes of at least 4 members (excludes halogenated alkanes) is 3. The number of ether oxygens (including phenoxy) is 5. The number of halogens is 2. The van der Waals surface area contributed by atoms with Gasteiger partial charge in [0, 0.05) is 86.3 Å². The molecule has 2 unspecified atom stereocenters. The number of carbonyl (C=O) groups is 4. The number of hydrogen-bond donors (Lipinski definition) is 4. The van der Waals surface area contributed by atoms with E-state index in [1.807, 2.05) is 12.1 Å². The molecule has 2 fully saturated rings. The third-order valence-corrected chi connectivity index (χ3v) is 12.8. The van der Waals surface area contributed by atoms with Gasteiger partial charge in [-0.1, -0.05) is 42.1 Å². The molecule has 4 N–H and O–H groups in total. The summed E-state index contributed by atoms with van der Waals surface area (Å²) in [5.41, 5.74) is 2.61. The number of piperazine rings is 1. The van der Waals surface area contributed by atoms with Gasteiger partial charge in [-0.05, 0) is 56.5 Å². The van der Waals surface area contributed by atoms with Gasteiger partial charge in [0.15, 0.2) is 17.7 Å². The minimum absolute atomic E-state index is 0.0544. The van der Waals surface area contributed by atoms with Crippen LogP contribution in [0, 0.1) is 11.3 Å². The second-order valence-corrected chi connectivity index (χ2v) is 17.4. The number of amides is 4. The van der Waals surface area contributed by atoms with Crippen molar-refractivity contribution in [2.24, 2.45) is 0 Å². The van der Waals surface area contributed by atoms with E-state index in [0.29, 0.717) is 75.0 Å². The fourth-order valence-corrected chi connectivity index (χ4v) is 9.07. The van der Waals surface area contributed by atoms with Crippen LogP contribution < -0.4 is 30.2 Å². The normalized spacial score (nSPS) is 17.5. The average molecular weight is 976 g/mol. The summed E-state index contributed by atoms with van der Waals surface area (Å²) in [5.74, 6) is -0.557. The fraction of sp³-hybridized carbons (Fsp3) is 0.458. The van der Waals surface area contributed by atoms with Crippen molar-refractivity contribution in [1.82, 2.24) is 25.0 Å². The molecular weight excluding hydrogens is 919 g/mol. The van der Waals surface area contributed by atoms with Gasteiger partial charge in [-0.3, -0.25) is 34.4 Å². The van der Waals surface area contributed by atoms with E-state index in [4.69, 9.17) is 46.9 Å². The highest BCUT2D eigenvalue weighted by atomic mass is 35.5. The van der Waals surface area contributed by atoms with Crippen molar-refractivity contribution in [3.8, 4) is 23.3 Å². The van der Waals surface area contributed by atoms with Crippen LogP contribution in [0.1, 0.15) is 72.7 Å². The lowest BCUT2D eigenvalue weighted by molar-refractivity contribution is -0.139. The van der Waals surface area contributed by atoms with Crippen LogP contribution in [-0.4, -0.2) is 141 Å². The first kappa shape index (κ1) is 50.1. The third kappa shape index (κ3) is 12.3. The SMILES string of the molecule is COc1cc(Nc2c(C#N)cnc3cc(OCCCN4CCN(CCCCCCOCCOCC(=O)Nc5cccc6c5C(O)N(C5CCC(=O)NC5=O)C6=O)CC4)c(OC)cc23)c(Cl)cc1Cl. The number of aliphatic hydroxyl groups excluding tert-OH is 1. The standard InChI is InChI=1S/C48H56Cl2N8O10/c1-64-39-26-37(33(49)24-34(39)50)54-45-30(27-51)28-52-36-25-41(40(65-2)23-32(36)45)68-20-8-14-57-17-15-56(16-18-57)13-5-3-4-6-19-66-21-22-67-29-43(60)53-35-10-7-9-31-44(35)48(63)58(47(31)62)38-11-12-42(59)55-46(38)61/h7,9-10,23-26,28,38,48,63H,3-6,8,11-22,29H2,1-2H3,(H,52,54)(H,53,60)(H,55,59,61). The number of aromatic nitrogens is 1. The number of piperidine rings is 1. The van der Waals surface area contributed by atoms with Gasteiger partial charge in [-0.2, -0.15) is 5.26 Å². The Labute approximate surface area is 404 Å². The second-order valence-electron chi connectivity index (χ2n) is 16.6. The fourth-order valence-electron chi connectivity index (χ4n) is 8.57. The number of carbonyl (C=O) groups excluding carboxylic acids is 4. The molecule has 7 rings (SSSR count). The highest BCUT2D eigenvalue weighted by molar-refractivity contribution is 6.37. The number of methoxy groups -OCH3 is 2. The van der Waals surface area contributed by atoms with E-state index in [1.165, 1.54) is 19.4 Å². The Balaban J connectivity index is 0.728. The van der Waals surface area contributed by atoms with E-state index in [9.17, 15) is 29.5 Å². The van der Waals surface area contributed by atoms with Gasteiger partial charge in [0.25, 0.3) is 5.91 Å². The molecule has 1 aromatic heterocycles. The molecular formula is C48H56Cl2N8O10. The Morgan fingerprint density at radius 3 is 2.34 bits per heavy atom. The van der Waals surface area contributed by atoms with Crippen molar-refractivity contribution < 1.29 is 48.0 Å². The molecule has 3 aromatic carbocycles. The van der Waals surface area contributed by atoms with Gasteiger partial charge in [0.05, 0.1) is 66.5 Å². The van der Waals surface area contributed by atoms with Crippen molar-refractivity contribution in [3.05, 3.63) is 75.4 Å². The molecule has 0 spiro atoms. The number of nitrogens with zero attached hydrogens (tertiary/aromatic N) is 5. The molecule has 0 bridgehead atoms. The van der Waals surface area contributed by atoms with E-state index in [1.54, 1.807) is 31.4 Å². The Hall–Kier alpha value is -5.78. The third-order valence-electron chi connectivity index (χ3n) is 12.1. The number of nitrogens with one attached hydrogen (secondary N) is 3. The zero-order chi connectivity index (χ0) is 48.2. The lowest BCUT2D eigenvalue weighted by Gasteiger charge is -2.34. The largest absolute Gasteiger partial charge is 0.495 e. The van der Waals surface area contributed by atoms with Crippen LogP contribution in [0.3, 0.4) is 0 Å². The summed E-state index contributed by atoms with van der Waals surface area (Å²) in [5, 5.41) is 30.5. The smallest absolute Gasteiger partial charge is 0.257 e. The Morgan fingerprint density at radius 2 is 1.60 bits per heavy atom. The van der Waals surface area contributed by atoms with Crippen LogP contribution in [-0.2, 0) is 23.9 Å². The number of nitriles is 1. The Morgan fingerprint density at radius 1 is 0.868 bits per heavy atom. The number of anilines is 3. The van der Waals surface area contributed by atoms with E-state index < -0.39 is 35.9 Å². The maximum absolute atomic E-state index is 13.1. The average Bonchev–Trinajstić information content (AvgIpc) is 3.59. The molecule has 3 aliphatic rings. The first-order chi connectivity index (χ1) is 33.0. The minimum Gasteiger partial charge on any atom is -0.495 e. The van der Waals surface area contributed by atoms with Gasteiger partial charge >= 0.3 is 0 Å². The number of aliphatic hydroxyl groups is 1. The zero-order valence-electron chi connectivity index (χ0n) is 38.1. The topological polar surface area (TPSA) is 217 Å². The number of hydrogen-bond acceptors (Lipinski definition) is 15. The predicted molar refractivity (Wildman–Crippen MR) is 255 cm³/mol.